The maximum absolute atomic E-state index is 12.9. The molecule has 166 valence electrons. The average Bonchev–Trinajstić information content (AvgIpc) is 3.58. The van der Waals surface area contributed by atoms with Crippen LogP contribution >= 0.6 is 11.6 Å². The van der Waals surface area contributed by atoms with Crippen LogP contribution in [0.5, 0.6) is 0 Å². The first kappa shape index (κ1) is 22.1. The SMILES string of the molecule is CN(Cc1ccc(N2CCOCC2)cc1)C(=O)c1ccc(Cl)c(S(=O)(=O)NC2CC2)c1. The topological polar surface area (TPSA) is 79.0 Å². The van der Waals surface area contributed by atoms with Gasteiger partial charge in [0.1, 0.15) is 4.90 Å². The minimum Gasteiger partial charge on any atom is -0.378 e. The van der Waals surface area contributed by atoms with Crippen LogP contribution in [-0.2, 0) is 21.3 Å². The molecule has 1 aliphatic heterocycles. The molecule has 1 heterocycles. The number of nitrogens with zero attached hydrogens (tertiary/aromatic N) is 2. The van der Waals surface area contributed by atoms with E-state index in [1.807, 2.05) is 12.1 Å². The zero-order valence-corrected chi connectivity index (χ0v) is 19.0. The quantitative estimate of drug-likeness (QED) is 0.683. The third kappa shape index (κ3) is 5.38. The molecule has 2 aliphatic rings. The maximum atomic E-state index is 12.9. The Morgan fingerprint density at radius 1 is 1.16 bits per heavy atom. The highest BCUT2D eigenvalue weighted by molar-refractivity contribution is 7.89. The summed E-state index contributed by atoms with van der Waals surface area (Å²) in [7, 11) is -2.05. The summed E-state index contributed by atoms with van der Waals surface area (Å²) in [5.41, 5.74) is 2.41. The molecule has 0 bridgehead atoms. The largest absolute Gasteiger partial charge is 0.378 e. The highest BCUT2D eigenvalue weighted by Crippen LogP contribution is 2.27. The lowest BCUT2D eigenvalue weighted by molar-refractivity contribution is 0.0785. The van der Waals surface area contributed by atoms with Gasteiger partial charge in [0, 0.05) is 44.0 Å². The van der Waals surface area contributed by atoms with Gasteiger partial charge in [-0.1, -0.05) is 23.7 Å². The van der Waals surface area contributed by atoms with Gasteiger partial charge in [0.15, 0.2) is 0 Å². The minimum absolute atomic E-state index is 0.0384. The zero-order chi connectivity index (χ0) is 22.0. The van der Waals surface area contributed by atoms with Crippen molar-refractivity contribution in [3.8, 4) is 0 Å². The maximum Gasteiger partial charge on any atom is 0.253 e. The lowest BCUT2D eigenvalue weighted by Gasteiger charge is -2.29. The van der Waals surface area contributed by atoms with Crippen molar-refractivity contribution < 1.29 is 17.9 Å². The number of carbonyl (C=O) groups is 1. The van der Waals surface area contributed by atoms with Crippen LogP contribution in [-0.4, -0.2) is 58.6 Å². The predicted octanol–water partition coefficient (Wildman–Crippen LogP) is 2.89. The van der Waals surface area contributed by atoms with Crippen molar-refractivity contribution in [2.45, 2.75) is 30.3 Å². The lowest BCUT2D eigenvalue weighted by Crippen LogP contribution is -2.36. The molecule has 4 rings (SSSR count). The van der Waals surface area contributed by atoms with Crippen molar-refractivity contribution in [2.75, 3.05) is 38.3 Å². The van der Waals surface area contributed by atoms with E-state index in [-0.39, 0.29) is 27.4 Å². The molecule has 1 saturated heterocycles. The molecule has 0 spiro atoms. The minimum atomic E-state index is -3.75. The van der Waals surface area contributed by atoms with Gasteiger partial charge in [-0.15, -0.1) is 0 Å². The summed E-state index contributed by atoms with van der Waals surface area (Å²) in [6.07, 6.45) is 1.64. The fourth-order valence-corrected chi connectivity index (χ4v) is 5.36. The van der Waals surface area contributed by atoms with Crippen molar-refractivity contribution in [1.29, 1.82) is 0 Å². The number of sulfonamides is 1. The van der Waals surface area contributed by atoms with Crippen molar-refractivity contribution in [3.63, 3.8) is 0 Å². The number of carbonyl (C=O) groups excluding carboxylic acids is 1. The van der Waals surface area contributed by atoms with E-state index in [1.54, 1.807) is 18.0 Å². The Labute approximate surface area is 188 Å². The Morgan fingerprint density at radius 3 is 2.48 bits per heavy atom. The van der Waals surface area contributed by atoms with E-state index >= 15 is 0 Å². The normalized spacial score (nSPS) is 16.9. The Kier molecular flexibility index (Phi) is 6.52. The van der Waals surface area contributed by atoms with Crippen LogP contribution in [0, 0.1) is 0 Å². The molecule has 2 aromatic carbocycles. The van der Waals surface area contributed by atoms with Crippen LogP contribution < -0.4 is 9.62 Å². The second kappa shape index (κ2) is 9.16. The van der Waals surface area contributed by atoms with Crippen molar-refractivity contribution >= 4 is 33.2 Å². The van der Waals surface area contributed by atoms with Crippen LogP contribution in [0.25, 0.3) is 0 Å². The van der Waals surface area contributed by atoms with Gasteiger partial charge < -0.3 is 14.5 Å². The van der Waals surface area contributed by atoms with Crippen LogP contribution in [0.3, 0.4) is 0 Å². The number of hydrogen-bond donors (Lipinski definition) is 1. The van der Waals surface area contributed by atoms with E-state index < -0.39 is 10.0 Å². The van der Waals surface area contributed by atoms with Gasteiger partial charge in [-0.3, -0.25) is 4.79 Å². The summed E-state index contributed by atoms with van der Waals surface area (Å²) in [5.74, 6) is -0.267. The molecule has 1 aliphatic carbocycles. The molecule has 2 fully saturated rings. The molecular weight excluding hydrogens is 438 g/mol. The molecule has 1 N–H and O–H groups in total. The summed E-state index contributed by atoms with van der Waals surface area (Å²) in [5, 5.41) is 0.103. The Balaban J connectivity index is 1.44. The van der Waals surface area contributed by atoms with Crippen LogP contribution in [0.2, 0.25) is 5.02 Å². The fraction of sp³-hybridized carbons (Fsp3) is 0.409. The highest BCUT2D eigenvalue weighted by atomic mass is 35.5. The molecule has 7 nitrogen and oxygen atoms in total. The van der Waals surface area contributed by atoms with Gasteiger partial charge >= 0.3 is 0 Å². The lowest BCUT2D eigenvalue weighted by atomic mass is 10.1. The summed E-state index contributed by atoms with van der Waals surface area (Å²) >= 11 is 6.12. The monoisotopic (exact) mass is 463 g/mol. The van der Waals surface area contributed by atoms with Gasteiger partial charge in [0.05, 0.1) is 18.2 Å². The van der Waals surface area contributed by atoms with Gasteiger partial charge in [-0.2, -0.15) is 0 Å². The number of anilines is 1. The number of amides is 1. The third-order valence-corrected chi connectivity index (χ3v) is 7.45. The Bertz CT molecular complexity index is 1050. The smallest absolute Gasteiger partial charge is 0.253 e. The standard InChI is InChI=1S/C22H26ClN3O4S/c1-25(15-16-2-7-19(8-3-16)26-10-12-30-13-11-26)22(27)17-4-9-20(23)21(14-17)31(28,29)24-18-5-6-18/h2-4,7-9,14,18,24H,5-6,10-13,15H2,1H3. The highest BCUT2D eigenvalue weighted by Gasteiger charge is 2.30. The summed E-state index contributed by atoms with van der Waals surface area (Å²) in [4.78, 5) is 16.7. The van der Waals surface area contributed by atoms with E-state index in [2.05, 4.69) is 21.8 Å². The van der Waals surface area contributed by atoms with Gasteiger partial charge in [-0.05, 0) is 48.7 Å². The Morgan fingerprint density at radius 2 is 1.84 bits per heavy atom. The molecule has 0 unspecified atom stereocenters. The van der Waals surface area contributed by atoms with E-state index in [0.717, 1.165) is 50.4 Å². The summed E-state index contributed by atoms with van der Waals surface area (Å²) in [6, 6.07) is 12.4. The van der Waals surface area contributed by atoms with Crippen LogP contribution in [0.4, 0.5) is 5.69 Å². The van der Waals surface area contributed by atoms with Crippen LogP contribution in [0.15, 0.2) is 47.4 Å². The summed E-state index contributed by atoms with van der Waals surface area (Å²) < 4.78 is 33.1. The number of nitrogens with one attached hydrogen (secondary N) is 1. The number of benzene rings is 2. The van der Waals surface area contributed by atoms with Crippen molar-refractivity contribution in [3.05, 3.63) is 58.6 Å². The van der Waals surface area contributed by atoms with E-state index in [4.69, 9.17) is 16.3 Å². The van der Waals surface area contributed by atoms with Crippen molar-refractivity contribution in [1.82, 2.24) is 9.62 Å². The molecule has 0 radical (unpaired) electrons. The second-order valence-electron chi connectivity index (χ2n) is 7.97. The molecule has 9 heteroatoms. The molecule has 1 saturated carbocycles. The average molecular weight is 464 g/mol. The van der Waals surface area contributed by atoms with Gasteiger partial charge in [-0.25, -0.2) is 13.1 Å². The first-order valence-corrected chi connectivity index (χ1v) is 12.2. The van der Waals surface area contributed by atoms with Crippen LogP contribution in [0.1, 0.15) is 28.8 Å². The number of hydrogen-bond acceptors (Lipinski definition) is 5. The summed E-state index contributed by atoms with van der Waals surface area (Å²) in [6.45, 7) is 3.61. The molecule has 1 amide bonds. The number of halogens is 1. The van der Waals surface area contributed by atoms with E-state index in [9.17, 15) is 13.2 Å². The van der Waals surface area contributed by atoms with Gasteiger partial charge in [0.2, 0.25) is 10.0 Å². The zero-order valence-electron chi connectivity index (χ0n) is 17.4. The predicted molar refractivity (Wildman–Crippen MR) is 120 cm³/mol. The second-order valence-corrected chi connectivity index (χ2v) is 10.1. The van der Waals surface area contributed by atoms with E-state index in [1.165, 1.54) is 12.1 Å². The Hall–Kier alpha value is -2.13. The fourth-order valence-electron chi connectivity index (χ4n) is 3.53. The van der Waals surface area contributed by atoms with E-state index in [0.29, 0.717) is 6.54 Å². The molecule has 0 aromatic heterocycles. The molecule has 0 atom stereocenters. The number of ether oxygens (including phenoxy) is 1. The number of morpholine rings is 1. The first-order valence-electron chi connectivity index (χ1n) is 10.3. The molecule has 2 aromatic rings. The molecule has 31 heavy (non-hydrogen) atoms. The first-order chi connectivity index (χ1) is 14.8. The van der Waals surface area contributed by atoms with Crippen molar-refractivity contribution in [2.24, 2.45) is 0 Å². The molecular formula is C22H26ClN3O4S. The van der Waals surface area contributed by atoms with Gasteiger partial charge in [0.25, 0.3) is 5.91 Å². The third-order valence-electron chi connectivity index (χ3n) is 5.45. The number of rotatable bonds is 7.